The fourth-order valence-corrected chi connectivity index (χ4v) is 4.55. The predicted octanol–water partition coefficient (Wildman–Crippen LogP) is 2.42. The van der Waals surface area contributed by atoms with E-state index in [9.17, 15) is 0 Å². The highest BCUT2D eigenvalue weighted by Crippen LogP contribution is 2.71. The maximum absolute atomic E-state index is 5.22. The number of rotatable bonds is 0. The van der Waals surface area contributed by atoms with Crippen LogP contribution >= 0.6 is 0 Å². The van der Waals surface area contributed by atoms with E-state index in [1.165, 1.54) is 18.4 Å². The minimum atomic E-state index is 0.0974. The van der Waals surface area contributed by atoms with Crippen molar-refractivity contribution in [1.29, 1.82) is 0 Å². The maximum Gasteiger partial charge on any atom is 0.115 e. The Hall–Kier alpha value is -2.25. The van der Waals surface area contributed by atoms with Gasteiger partial charge >= 0.3 is 0 Å². The van der Waals surface area contributed by atoms with E-state index in [1.54, 1.807) is 12.2 Å². The standard InChI is InChI=1S/C21H19N/c1-4-5-6-7-8-18-16-12-21(3)13-17(21)20(16)15-11-14(2)9-10-19(15)22-18/h1,5-6,9-11,16-18,20H,2,12-13H2,3H3/b6-5-/t16?,17?,18?,20?,21-/m1/s1. The second kappa shape index (κ2) is 4.62. The largest absolute Gasteiger partial charge is 0.268 e. The lowest BCUT2D eigenvalue weighted by Gasteiger charge is -2.30. The number of hydrogen-bond donors (Lipinski definition) is 0. The van der Waals surface area contributed by atoms with Gasteiger partial charge in [0.05, 0.1) is 5.36 Å². The van der Waals surface area contributed by atoms with Crippen LogP contribution in [0.2, 0.25) is 0 Å². The molecule has 2 saturated carbocycles. The second-order valence-electron chi connectivity index (χ2n) is 7.11. The first-order chi connectivity index (χ1) is 10.6. The smallest absolute Gasteiger partial charge is 0.115 e. The number of benzene rings is 1. The van der Waals surface area contributed by atoms with Crippen molar-refractivity contribution in [2.45, 2.75) is 31.7 Å². The highest BCUT2D eigenvalue weighted by Gasteiger charge is 2.64. The summed E-state index contributed by atoms with van der Waals surface area (Å²) in [4.78, 5) is 4.93. The van der Waals surface area contributed by atoms with Crippen molar-refractivity contribution >= 4 is 6.58 Å². The van der Waals surface area contributed by atoms with E-state index in [4.69, 9.17) is 11.4 Å². The Kier molecular flexibility index (Phi) is 2.82. The van der Waals surface area contributed by atoms with Crippen LogP contribution in [-0.4, -0.2) is 6.04 Å². The van der Waals surface area contributed by atoms with Gasteiger partial charge in [-0.25, -0.2) is 0 Å². The van der Waals surface area contributed by atoms with Crippen molar-refractivity contribution < 1.29 is 0 Å². The van der Waals surface area contributed by atoms with Crippen LogP contribution in [-0.2, 0) is 0 Å². The molecule has 1 aliphatic heterocycles. The van der Waals surface area contributed by atoms with E-state index in [0.717, 1.165) is 16.5 Å². The molecule has 22 heavy (non-hydrogen) atoms. The van der Waals surface area contributed by atoms with Gasteiger partial charge in [0.1, 0.15) is 6.04 Å². The van der Waals surface area contributed by atoms with Gasteiger partial charge in [-0.15, -0.1) is 6.42 Å². The Bertz CT molecular complexity index is 873. The fraction of sp³-hybridized carbons (Fsp3) is 0.381. The Morgan fingerprint density at radius 3 is 3.05 bits per heavy atom. The molecule has 1 aromatic carbocycles. The Morgan fingerprint density at radius 2 is 2.23 bits per heavy atom. The van der Waals surface area contributed by atoms with Crippen LogP contribution in [0.3, 0.4) is 0 Å². The molecule has 3 aliphatic rings. The number of fused-ring (bicyclic) bond motifs is 5. The van der Waals surface area contributed by atoms with Crippen molar-refractivity contribution in [2.24, 2.45) is 22.2 Å². The van der Waals surface area contributed by atoms with E-state index >= 15 is 0 Å². The number of nitrogens with zero attached hydrogens (tertiary/aromatic N) is 1. The summed E-state index contributed by atoms with van der Waals surface area (Å²) in [7, 11) is 0. The molecule has 1 heterocycles. The molecule has 0 radical (unpaired) electrons. The predicted molar refractivity (Wildman–Crippen MR) is 89.3 cm³/mol. The normalized spacial score (nSPS) is 37.1. The topological polar surface area (TPSA) is 12.4 Å². The molecule has 0 N–H and O–H groups in total. The van der Waals surface area contributed by atoms with E-state index in [1.807, 2.05) is 6.07 Å². The highest BCUT2D eigenvalue weighted by atomic mass is 14.8. The third-order valence-electron chi connectivity index (χ3n) is 5.65. The summed E-state index contributed by atoms with van der Waals surface area (Å²) in [5.74, 6) is 10.8. The number of allylic oxidation sites excluding steroid dienone is 2. The van der Waals surface area contributed by atoms with Gasteiger partial charge < -0.3 is 0 Å². The van der Waals surface area contributed by atoms with Gasteiger partial charge in [0.2, 0.25) is 0 Å². The molecule has 1 heteroatoms. The Morgan fingerprint density at radius 1 is 1.36 bits per heavy atom. The van der Waals surface area contributed by atoms with Crippen molar-refractivity contribution in [3.05, 3.63) is 46.5 Å². The molecular weight excluding hydrogens is 266 g/mol. The molecule has 0 amide bonds. The lowest BCUT2D eigenvalue weighted by Crippen LogP contribution is -2.34. The van der Waals surface area contributed by atoms with Crippen molar-refractivity contribution in [3.63, 3.8) is 0 Å². The molecule has 0 saturated heterocycles. The third-order valence-corrected chi connectivity index (χ3v) is 5.65. The van der Waals surface area contributed by atoms with Gasteiger partial charge in [0.25, 0.3) is 0 Å². The van der Waals surface area contributed by atoms with Gasteiger partial charge in [-0.3, -0.25) is 4.99 Å². The summed E-state index contributed by atoms with van der Waals surface area (Å²) in [5.41, 5.74) is 1.92. The van der Waals surface area contributed by atoms with Crippen molar-refractivity contribution in [2.75, 3.05) is 0 Å². The number of terminal acetylenes is 1. The van der Waals surface area contributed by atoms with Crippen molar-refractivity contribution in [3.8, 4) is 24.2 Å². The lowest BCUT2D eigenvalue weighted by molar-refractivity contribution is 0.360. The molecule has 1 nitrogen and oxygen atoms in total. The third kappa shape index (κ3) is 1.93. The molecule has 108 valence electrons. The zero-order valence-corrected chi connectivity index (χ0v) is 12.8. The van der Waals surface area contributed by atoms with Gasteiger partial charge in [-0.2, -0.15) is 0 Å². The highest BCUT2D eigenvalue weighted by molar-refractivity contribution is 5.36. The van der Waals surface area contributed by atoms with Crippen molar-refractivity contribution in [1.82, 2.24) is 0 Å². The van der Waals surface area contributed by atoms with E-state index < -0.39 is 0 Å². The number of hydrogen-bond acceptors (Lipinski definition) is 1. The van der Waals surface area contributed by atoms with Crippen LogP contribution in [0.15, 0.2) is 35.3 Å². The molecule has 5 atom stereocenters. The van der Waals surface area contributed by atoms with E-state index in [0.29, 0.717) is 17.3 Å². The minimum absolute atomic E-state index is 0.0974. The molecule has 1 aromatic rings. The summed E-state index contributed by atoms with van der Waals surface area (Å²) >= 11 is 0. The van der Waals surface area contributed by atoms with Gasteiger partial charge in [0.15, 0.2) is 0 Å². The van der Waals surface area contributed by atoms with Crippen LogP contribution in [0.1, 0.15) is 31.2 Å². The van der Waals surface area contributed by atoms with Gasteiger partial charge in [-0.1, -0.05) is 37.3 Å². The van der Waals surface area contributed by atoms with Crippen LogP contribution in [0.5, 0.6) is 0 Å². The average Bonchev–Trinajstić information content (AvgIpc) is 3.06. The lowest BCUT2D eigenvalue weighted by atomic mass is 9.78. The fourth-order valence-electron chi connectivity index (χ4n) is 4.55. The van der Waals surface area contributed by atoms with Crippen LogP contribution in [0, 0.1) is 41.4 Å². The zero-order chi connectivity index (χ0) is 15.3. The molecule has 4 rings (SSSR count). The molecule has 4 unspecified atom stereocenters. The second-order valence-corrected chi connectivity index (χ2v) is 7.11. The summed E-state index contributed by atoms with van der Waals surface area (Å²) in [6.07, 6.45) is 11.2. The monoisotopic (exact) mass is 285 g/mol. The summed E-state index contributed by atoms with van der Waals surface area (Å²) in [6, 6.07) is 6.49. The molecule has 0 aromatic heterocycles. The van der Waals surface area contributed by atoms with E-state index in [2.05, 4.69) is 43.4 Å². The quantitative estimate of drug-likeness (QED) is 0.649. The Balaban J connectivity index is 1.81. The summed E-state index contributed by atoms with van der Waals surface area (Å²) in [6.45, 7) is 6.51. The maximum atomic E-state index is 5.22. The van der Waals surface area contributed by atoms with Gasteiger partial charge in [-0.05, 0) is 65.2 Å². The Labute approximate surface area is 131 Å². The summed E-state index contributed by atoms with van der Waals surface area (Å²) < 4.78 is 0. The van der Waals surface area contributed by atoms with Crippen LogP contribution in [0.25, 0.3) is 6.58 Å². The molecule has 0 spiro atoms. The SMILES string of the molecule is C#C/C=C\C#CC1N=c2ccc(=C)cc2C2C1C[C@]1(C)CC21. The van der Waals surface area contributed by atoms with Gasteiger partial charge in [0, 0.05) is 5.92 Å². The van der Waals surface area contributed by atoms with E-state index in [-0.39, 0.29) is 6.04 Å². The zero-order valence-electron chi connectivity index (χ0n) is 12.8. The first-order valence-electron chi connectivity index (χ1n) is 7.91. The molecular formula is C21H19N. The average molecular weight is 285 g/mol. The minimum Gasteiger partial charge on any atom is -0.268 e. The van der Waals surface area contributed by atoms with Crippen LogP contribution < -0.4 is 10.6 Å². The molecule has 2 fully saturated rings. The first-order valence-corrected chi connectivity index (χ1v) is 7.91. The molecule has 0 bridgehead atoms. The summed E-state index contributed by atoms with van der Waals surface area (Å²) in [5, 5.41) is 2.20. The first kappa shape index (κ1) is 13.4. The van der Waals surface area contributed by atoms with Crippen LogP contribution in [0.4, 0.5) is 0 Å². The molecule has 2 aliphatic carbocycles.